The molecule has 0 aliphatic rings. The molecule has 0 amide bonds. The minimum atomic E-state index is -0.0554. The van der Waals surface area contributed by atoms with Gasteiger partial charge in [-0.1, -0.05) is 36.4 Å². The SMILES string of the molecule is CN=C(NCC(OC)c1ccccc1)Nc1cccc(OCCCOC)c1. The van der Waals surface area contributed by atoms with Gasteiger partial charge in [0.1, 0.15) is 5.75 Å². The summed E-state index contributed by atoms with van der Waals surface area (Å²) >= 11 is 0. The third kappa shape index (κ3) is 7.29. The van der Waals surface area contributed by atoms with Crippen LogP contribution in [0.1, 0.15) is 18.1 Å². The Morgan fingerprint density at radius 1 is 1.04 bits per heavy atom. The van der Waals surface area contributed by atoms with E-state index >= 15 is 0 Å². The molecule has 2 N–H and O–H groups in total. The van der Waals surface area contributed by atoms with Crippen molar-refractivity contribution in [2.45, 2.75) is 12.5 Å². The van der Waals surface area contributed by atoms with Crippen molar-refractivity contribution < 1.29 is 14.2 Å². The number of ether oxygens (including phenoxy) is 3. The second-order valence-electron chi connectivity index (χ2n) is 5.94. The number of hydrogen-bond acceptors (Lipinski definition) is 4. The van der Waals surface area contributed by atoms with E-state index in [0.717, 1.165) is 23.4 Å². The van der Waals surface area contributed by atoms with Gasteiger partial charge >= 0.3 is 0 Å². The molecule has 1 atom stereocenters. The van der Waals surface area contributed by atoms with Crippen LogP contribution in [0, 0.1) is 0 Å². The first-order valence-electron chi connectivity index (χ1n) is 9.04. The third-order valence-electron chi connectivity index (χ3n) is 3.99. The molecule has 0 heterocycles. The summed E-state index contributed by atoms with van der Waals surface area (Å²) in [5.41, 5.74) is 2.02. The fraction of sp³-hybridized carbons (Fsp3) is 0.381. The summed E-state index contributed by atoms with van der Waals surface area (Å²) in [6.07, 6.45) is 0.801. The monoisotopic (exact) mass is 371 g/mol. The molecule has 0 radical (unpaired) electrons. The Balaban J connectivity index is 1.89. The maximum Gasteiger partial charge on any atom is 0.195 e. The summed E-state index contributed by atoms with van der Waals surface area (Å²) in [6, 6.07) is 17.9. The van der Waals surface area contributed by atoms with Gasteiger partial charge < -0.3 is 24.8 Å². The van der Waals surface area contributed by atoms with E-state index in [1.54, 1.807) is 21.3 Å². The number of methoxy groups -OCH3 is 2. The van der Waals surface area contributed by atoms with Crippen LogP contribution in [0.2, 0.25) is 0 Å². The van der Waals surface area contributed by atoms with Crippen LogP contribution in [0.5, 0.6) is 5.75 Å². The molecule has 6 heteroatoms. The number of aliphatic imine (C=N–C) groups is 1. The second kappa shape index (κ2) is 11.9. The van der Waals surface area contributed by atoms with Crippen LogP contribution in [-0.4, -0.2) is 47.0 Å². The maximum atomic E-state index is 5.74. The number of guanidine groups is 1. The molecule has 2 aromatic carbocycles. The smallest absolute Gasteiger partial charge is 0.195 e. The van der Waals surface area contributed by atoms with Gasteiger partial charge in [-0.3, -0.25) is 4.99 Å². The summed E-state index contributed by atoms with van der Waals surface area (Å²) in [5.74, 6) is 1.48. The van der Waals surface area contributed by atoms with Crippen LogP contribution in [0.3, 0.4) is 0 Å². The van der Waals surface area contributed by atoms with Crippen molar-refractivity contribution in [1.29, 1.82) is 0 Å². The lowest BCUT2D eigenvalue weighted by atomic mass is 10.1. The normalized spacial score (nSPS) is 12.5. The number of hydrogen-bond donors (Lipinski definition) is 2. The molecule has 146 valence electrons. The first kappa shape index (κ1) is 20.7. The van der Waals surface area contributed by atoms with Crippen molar-refractivity contribution >= 4 is 11.6 Å². The van der Waals surface area contributed by atoms with Crippen molar-refractivity contribution in [3.63, 3.8) is 0 Å². The zero-order valence-corrected chi connectivity index (χ0v) is 16.3. The van der Waals surface area contributed by atoms with Gasteiger partial charge in [-0.15, -0.1) is 0 Å². The van der Waals surface area contributed by atoms with Crippen LogP contribution in [0.4, 0.5) is 5.69 Å². The van der Waals surface area contributed by atoms with Gasteiger partial charge in [0.15, 0.2) is 5.96 Å². The van der Waals surface area contributed by atoms with Gasteiger partial charge in [0.2, 0.25) is 0 Å². The van der Waals surface area contributed by atoms with E-state index in [2.05, 4.69) is 27.8 Å². The second-order valence-corrected chi connectivity index (χ2v) is 5.94. The minimum absolute atomic E-state index is 0.0554. The van der Waals surface area contributed by atoms with Crippen molar-refractivity contribution in [2.75, 3.05) is 46.3 Å². The number of rotatable bonds is 10. The molecule has 27 heavy (non-hydrogen) atoms. The Labute approximate surface area is 161 Å². The van der Waals surface area contributed by atoms with Crippen molar-refractivity contribution in [1.82, 2.24) is 5.32 Å². The summed E-state index contributed by atoms with van der Waals surface area (Å²) in [6.45, 7) is 1.92. The molecule has 2 rings (SSSR count). The molecule has 0 spiro atoms. The van der Waals surface area contributed by atoms with Gasteiger partial charge in [0.25, 0.3) is 0 Å². The van der Waals surface area contributed by atoms with E-state index in [9.17, 15) is 0 Å². The lowest BCUT2D eigenvalue weighted by Crippen LogP contribution is -2.34. The lowest BCUT2D eigenvalue weighted by Gasteiger charge is -2.19. The fourth-order valence-corrected chi connectivity index (χ4v) is 2.57. The molecular weight excluding hydrogens is 342 g/mol. The number of anilines is 1. The molecule has 0 bridgehead atoms. The Hall–Kier alpha value is -2.57. The molecule has 0 aliphatic carbocycles. The number of benzene rings is 2. The van der Waals surface area contributed by atoms with Crippen molar-refractivity contribution in [2.24, 2.45) is 4.99 Å². The van der Waals surface area contributed by atoms with E-state index in [1.807, 2.05) is 42.5 Å². The average Bonchev–Trinajstić information content (AvgIpc) is 2.72. The third-order valence-corrected chi connectivity index (χ3v) is 3.99. The van der Waals surface area contributed by atoms with E-state index in [0.29, 0.717) is 25.7 Å². The summed E-state index contributed by atoms with van der Waals surface area (Å²) < 4.78 is 16.4. The highest BCUT2D eigenvalue weighted by atomic mass is 16.5. The van der Waals surface area contributed by atoms with Crippen molar-refractivity contribution in [3.8, 4) is 5.75 Å². The largest absolute Gasteiger partial charge is 0.493 e. The van der Waals surface area contributed by atoms with E-state index < -0.39 is 0 Å². The van der Waals surface area contributed by atoms with Crippen LogP contribution < -0.4 is 15.4 Å². The van der Waals surface area contributed by atoms with Gasteiger partial charge in [-0.25, -0.2) is 0 Å². The zero-order chi connectivity index (χ0) is 19.3. The maximum absolute atomic E-state index is 5.74. The molecular formula is C21H29N3O3. The fourth-order valence-electron chi connectivity index (χ4n) is 2.57. The van der Waals surface area contributed by atoms with Crippen LogP contribution in [0.15, 0.2) is 59.6 Å². The summed E-state index contributed by atoms with van der Waals surface area (Å²) in [7, 11) is 5.14. The molecule has 0 aromatic heterocycles. The standard InChI is InChI=1S/C21H29N3O3/c1-22-21(23-16-20(26-3)17-9-5-4-6-10-17)24-18-11-7-12-19(15-18)27-14-8-13-25-2/h4-7,9-12,15,20H,8,13-14,16H2,1-3H3,(H2,22,23,24). The lowest BCUT2D eigenvalue weighted by molar-refractivity contribution is 0.106. The van der Waals surface area contributed by atoms with Gasteiger partial charge in [0.05, 0.1) is 12.7 Å². The first-order valence-corrected chi connectivity index (χ1v) is 9.04. The molecule has 0 saturated carbocycles. The predicted octanol–water partition coefficient (Wildman–Crippen LogP) is 3.48. The Bertz CT molecular complexity index is 692. The van der Waals surface area contributed by atoms with Gasteiger partial charge in [-0.05, 0) is 17.7 Å². The summed E-state index contributed by atoms with van der Waals surface area (Å²) in [4.78, 5) is 4.28. The van der Waals surface area contributed by atoms with Crippen LogP contribution in [0.25, 0.3) is 0 Å². The minimum Gasteiger partial charge on any atom is -0.493 e. The molecule has 2 aromatic rings. The average molecular weight is 371 g/mol. The highest BCUT2D eigenvalue weighted by Crippen LogP contribution is 2.18. The number of nitrogens with zero attached hydrogens (tertiary/aromatic N) is 1. The zero-order valence-electron chi connectivity index (χ0n) is 16.3. The van der Waals surface area contributed by atoms with Crippen LogP contribution >= 0.6 is 0 Å². The van der Waals surface area contributed by atoms with Crippen molar-refractivity contribution in [3.05, 3.63) is 60.2 Å². The highest BCUT2D eigenvalue weighted by molar-refractivity contribution is 5.93. The predicted molar refractivity (Wildman–Crippen MR) is 110 cm³/mol. The number of nitrogens with one attached hydrogen (secondary N) is 2. The molecule has 0 aliphatic heterocycles. The van der Waals surface area contributed by atoms with Gasteiger partial charge in [-0.2, -0.15) is 0 Å². The Kier molecular flexibility index (Phi) is 9.17. The van der Waals surface area contributed by atoms with Crippen LogP contribution in [-0.2, 0) is 9.47 Å². The summed E-state index contributed by atoms with van der Waals surface area (Å²) in [5, 5.41) is 6.58. The Morgan fingerprint density at radius 3 is 2.56 bits per heavy atom. The molecule has 0 saturated heterocycles. The highest BCUT2D eigenvalue weighted by Gasteiger charge is 2.11. The molecule has 6 nitrogen and oxygen atoms in total. The van der Waals surface area contributed by atoms with Gasteiger partial charge in [0, 0.05) is 52.6 Å². The molecule has 1 unspecified atom stereocenters. The van der Waals surface area contributed by atoms with E-state index in [-0.39, 0.29) is 6.10 Å². The van der Waals surface area contributed by atoms with E-state index in [4.69, 9.17) is 14.2 Å². The topological polar surface area (TPSA) is 64.1 Å². The van der Waals surface area contributed by atoms with E-state index in [1.165, 1.54) is 0 Å². The quantitative estimate of drug-likeness (QED) is 0.380. The Morgan fingerprint density at radius 2 is 1.85 bits per heavy atom. The molecule has 0 fully saturated rings. The first-order chi connectivity index (χ1) is 13.3.